The van der Waals surface area contributed by atoms with Gasteiger partial charge in [0.2, 0.25) is 0 Å². The van der Waals surface area contributed by atoms with Crippen molar-refractivity contribution in [3.8, 4) is 10.6 Å². The second kappa shape index (κ2) is 5.07. The van der Waals surface area contributed by atoms with Crippen molar-refractivity contribution in [3.05, 3.63) is 40.2 Å². The van der Waals surface area contributed by atoms with Gasteiger partial charge >= 0.3 is 0 Å². The van der Waals surface area contributed by atoms with Gasteiger partial charge in [-0.05, 0) is 19.9 Å². The van der Waals surface area contributed by atoms with E-state index in [2.05, 4.69) is 4.98 Å². The zero-order valence-electron chi connectivity index (χ0n) is 9.64. The van der Waals surface area contributed by atoms with Gasteiger partial charge in [0.15, 0.2) is 0 Å². The fourth-order valence-electron chi connectivity index (χ4n) is 1.64. The van der Waals surface area contributed by atoms with Gasteiger partial charge in [0.25, 0.3) is 0 Å². The normalized spacial score (nSPS) is 10.9. The molecule has 0 aliphatic carbocycles. The first-order valence-electron chi connectivity index (χ1n) is 5.34. The van der Waals surface area contributed by atoms with E-state index in [-0.39, 0.29) is 10.6 Å². The van der Waals surface area contributed by atoms with Crippen LogP contribution in [-0.4, -0.2) is 11.5 Å². The molecule has 96 valence electrons. The van der Waals surface area contributed by atoms with E-state index in [0.29, 0.717) is 30.8 Å². The lowest BCUT2D eigenvalue weighted by Crippen LogP contribution is -2.01. The highest BCUT2D eigenvalue weighted by molar-refractivity contribution is 7.15. The maximum atomic E-state index is 13.6. The van der Waals surface area contributed by atoms with Gasteiger partial charge in [0.1, 0.15) is 22.5 Å². The first-order valence-corrected chi connectivity index (χ1v) is 6.16. The van der Waals surface area contributed by atoms with Gasteiger partial charge in [0.05, 0.1) is 11.3 Å². The van der Waals surface area contributed by atoms with Crippen molar-refractivity contribution in [1.29, 1.82) is 0 Å². The lowest BCUT2D eigenvalue weighted by Gasteiger charge is -2.01. The Labute approximate surface area is 106 Å². The fraction of sp³-hybridized carbons (Fsp3) is 0.250. The number of halogens is 3. The van der Waals surface area contributed by atoms with Crippen molar-refractivity contribution >= 4 is 11.3 Å². The Morgan fingerprint density at radius 1 is 1.22 bits per heavy atom. The van der Waals surface area contributed by atoms with Crippen LogP contribution in [0.15, 0.2) is 12.1 Å². The fourth-order valence-corrected chi connectivity index (χ4v) is 2.77. The molecule has 0 aliphatic heterocycles. The Morgan fingerprint density at radius 2 is 1.83 bits per heavy atom. The molecule has 0 radical (unpaired) electrons. The predicted molar refractivity (Wildman–Crippen MR) is 64.9 cm³/mol. The van der Waals surface area contributed by atoms with Crippen LogP contribution in [0.4, 0.5) is 13.2 Å². The van der Waals surface area contributed by atoms with Gasteiger partial charge in [-0.3, -0.25) is 0 Å². The monoisotopic (exact) mass is 272 g/mol. The molecule has 0 aliphatic rings. The Balaban J connectivity index is 2.52. The van der Waals surface area contributed by atoms with Crippen LogP contribution in [-0.2, 0) is 6.42 Å². The average molecular weight is 272 g/mol. The smallest absolute Gasteiger partial charge is 0.139 e. The van der Waals surface area contributed by atoms with Crippen molar-refractivity contribution < 1.29 is 13.2 Å². The number of nitrogens with two attached hydrogens (primary N) is 1. The summed E-state index contributed by atoms with van der Waals surface area (Å²) in [6.45, 7) is 2.20. The van der Waals surface area contributed by atoms with E-state index < -0.39 is 17.5 Å². The van der Waals surface area contributed by atoms with Crippen molar-refractivity contribution in [3.63, 3.8) is 0 Å². The number of rotatable bonds is 3. The molecule has 0 saturated carbocycles. The van der Waals surface area contributed by atoms with Gasteiger partial charge in [0, 0.05) is 17.0 Å². The van der Waals surface area contributed by atoms with Crippen molar-refractivity contribution in [1.82, 2.24) is 4.98 Å². The number of thiazole rings is 1. The summed E-state index contributed by atoms with van der Waals surface area (Å²) in [5.74, 6) is -2.83. The summed E-state index contributed by atoms with van der Waals surface area (Å²) in [5.41, 5.74) is 5.85. The maximum Gasteiger partial charge on any atom is 0.139 e. The van der Waals surface area contributed by atoms with E-state index in [4.69, 9.17) is 5.73 Å². The highest BCUT2D eigenvalue weighted by Gasteiger charge is 2.18. The summed E-state index contributed by atoms with van der Waals surface area (Å²) in [6, 6.07) is 1.30. The summed E-state index contributed by atoms with van der Waals surface area (Å²) in [5, 5.41) is 0.214. The summed E-state index contributed by atoms with van der Waals surface area (Å²) in [7, 11) is 0. The molecule has 2 rings (SSSR count). The van der Waals surface area contributed by atoms with Crippen LogP contribution in [0.2, 0.25) is 0 Å². The molecule has 0 bridgehead atoms. The average Bonchev–Trinajstić information content (AvgIpc) is 2.59. The zero-order chi connectivity index (χ0) is 13.3. The highest BCUT2D eigenvalue weighted by atomic mass is 32.1. The quantitative estimate of drug-likeness (QED) is 0.932. The molecule has 2 aromatic rings. The van der Waals surface area contributed by atoms with Gasteiger partial charge in [-0.2, -0.15) is 0 Å². The van der Waals surface area contributed by atoms with E-state index in [1.165, 1.54) is 11.3 Å². The minimum Gasteiger partial charge on any atom is -0.330 e. The number of aryl methyl sites for hydroxylation is 1. The largest absolute Gasteiger partial charge is 0.330 e. The molecule has 18 heavy (non-hydrogen) atoms. The molecule has 2 N–H and O–H groups in total. The Hall–Kier alpha value is -1.40. The zero-order valence-corrected chi connectivity index (χ0v) is 10.5. The lowest BCUT2D eigenvalue weighted by molar-refractivity contribution is 0.548. The maximum absolute atomic E-state index is 13.6. The third-order valence-electron chi connectivity index (χ3n) is 2.48. The number of hydrogen-bond donors (Lipinski definition) is 1. The van der Waals surface area contributed by atoms with E-state index in [0.717, 1.165) is 4.88 Å². The number of aromatic nitrogens is 1. The second-order valence-corrected chi connectivity index (χ2v) is 4.89. The van der Waals surface area contributed by atoms with Crippen LogP contribution >= 0.6 is 11.3 Å². The van der Waals surface area contributed by atoms with Crippen LogP contribution < -0.4 is 5.73 Å². The summed E-state index contributed by atoms with van der Waals surface area (Å²) in [4.78, 5) is 5.00. The molecular formula is C12H11F3N2S. The van der Waals surface area contributed by atoms with E-state index in [1.807, 2.05) is 0 Å². The lowest BCUT2D eigenvalue weighted by atomic mass is 10.2. The Morgan fingerprint density at radius 3 is 2.39 bits per heavy atom. The Bertz CT molecular complexity index is 558. The first-order chi connectivity index (χ1) is 8.52. The van der Waals surface area contributed by atoms with E-state index in [1.54, 1.807) is 6.92 Å². The van der Waals surface area contributed by atoms with Crippen molar-refractivity contribution in [2.24, 2.45) is 5.73 Å². The molecule has 6 heteroatoms. The third-order valence-corrected chi connectivity index (χ3v) is 3.72. The van der Waals surface area contributed by atoms with E-state index >= 15 is 0 Å². The summed E-state index contributed by atoms with van der Waals surface area (Å²) >= 11 is 1.18. The van der Waals surface area contributed by atoms with Crippen molar-refractivity contribution in [2.75, 3.05) is 6.54 Å². The molecule has 0 spiro atoms. The second-order valence-electron chi connectivity index (χ2n) is 3.81. The van der Waals surface area contributed by atoms with Crippen LogP contribution in [0.3, 0.4) is 0 Å². The molecule has 0 fully saturated rings. The number of hydrogen-bond acceptors (Lipinski definition) is 3. The van der Waals surface area contributed by atoms with Gasteiger partial charge in [-0.25, -0.2) is 18.2 Å². The molecule has 0 saturated heterocycles. The molecule has 2 nitrogen and oxygen atoms in total. The molecule has 1 aromatic heterocycles. The first kappa shape index (κ1) is 13.0. The molecule has 1 aromatic carbocycles. The molecule has 1 heterocycles. The highest BCUT2D eigenvalue weighted by Crippen LogP contribution is 2.32. The minimum absolute atomic E-state index is 0.214. The number of nitrogens with zero attached hydrogens (tertiary/aromatic N) is 1. The third kappa shape index (κ3) is 2.39. The topological polar surface area (TPSA) is 38.9 Å². The van der Waals surface area contributed by atoms with Gasteiger partial charge in [-0.1, -0.05) is 0 Å². The van der Waals surface area contributed by atoms with Crippen LogP contribution in [0.25, 0.3) is 10.6 Å². The summed E-state index contributed by atoms with van der Waals surface area (Å²) < 4.78 is 40.0. The predicted octanol–water partition coefficient (Wildman–Crippen LogP) is 3.04. The SMILES string of the molecule is Cc1nc(-c2c(F)cc(F)cc2F)sc1CCN. The van der Waals surface area contributed by atoms with Crippen LogP contribution in [0.1, 0.15) is 10.6 Å². The standard InChI is InChI=1S/C12H11F3N2S/c1-6-10(2-3-16)18-12(17-6)11-8(14)4-7(13)5-9(11)15/h4-5H,2-3,16H2,1H3. The molecular weight excluding hydrogens is 261 g/mol. The van der Waals surface area contributed by atoms with Gasteiger partial charge < -0.3 is 5.73 Å². The minimum atomic E-state index is -0.944. The molecule has 0 amide bonds. The molecule has 0 atom stereocenters. The number of benzene rings is 1. The Kier molecular flexibility index (Phi) is 3.68. The van der Waals surface area contributed by atoms with Crippen LogP contribution in [0.5, 0.6) is 0 Å². The van der Waals surface area contributed by atoms with Gasteiger partial charge in [-0.15, -0.1) is 11.3 Å². The van der Waals surface area contributed by atoms with Crippen LogP contribution in [0, 0.1) is 24.4 Å². The van der Waals surface area contributed by atoms with E-state index in [9.17, 15) is 13.2 Å². The van der Waals surface area contributed by atoms with Crippen molar-refractivity contribution in [2.45, 2.75) is 13.3 Å². The molecule has 0 unspecified atom stereocenters. The summed E-state index contributed by atoms with van der Waals surface area (Å²) in [6.07, 6.45) is 0.605.